The number of unbranched alkanes of at least 4 members (excludes halogenated alkanes) is 2. The first-order chi connectivity index (χ1) is 17.4. The Labute approximate surface area is 215 Å². The lowest BCUT2D eigenvalue weighted by molar-refractivity contribution is 0.235. The summed E-state index contributed by atoms with van der Waals surface area (Å²) in [6, 6.07) is 10.5. The van der Waals surface area contributed by atoms with Crippen molar-refractivity contribution < 1.29 is 17.6 Å². The summed E-state index contributed by atoms with van der Waals surface area (Å²) in [5, 5.41) is 0. The Kier molecular flexibility index (Phi) is 11.8. The summed E-state index contributed by atoms with van der Waals surface area (Å²) >= 11 is 0. The second kappa shape index (κ2) is 14.8. The van der Waals surface area contributed by atoms with Crippen LogP contribution in [0.25, 0.3) is 11.1 Å². The smallest absolute Gasteiger partial charge is 0.129 e. The molecule has 2 saturated carbocycles. The molecule has 0 atom stereocenters. The standard InChI is InChI=1S/C19H19F3.C13H25F/c1-12-18(21)10-16(11-19(12)22)15-4-2-13(3-5-15)14-6-8-17(20)9-7-14;1-2-3-4-5-12-6-8-13(9-7-12)10-11-14/h2-5,10-11,14,17H,6-9H2,1H3;12-13H,2-11H2,1H3. The Hall–Kier alpha value is -1.84. The zero-order valence-corrected chi connectivity index (χ0v) is 22.2. The van der Waals surface area contributed by atoms with Crippen LogP contribution in [-0.4, -0.2) is 12.8 Å². The Morgan fingerprint density at radius 2 is 1.28 bits per heavy atom. The van der Waals surface area contributed by atoms with Crippen LogP contribution in [-0.2, 0) is 0 Å². The topological polar surface area (TPSA) is 0 Å². The van der Waals surface area contributed by atoms with Gasteiger partial charge in [0.2, 0.25) is 0 Å². The maximum atomic E-state index is 13.7. The summed E-state index contributed by atoms with van der Waals surface area (Å²) in [6.45, 7) is 3.59. The zero-order valence-electron chi connectivity index (χ0n) is 22.2. The van der Waals surface area contributed by atoms with E-state index in [4.69, 9.17) is 0 Å². The average molecular weight is 505 g/mol. The second-order valence-corrected chi connectivity index (χ2v) is 11.0. The van der Waals surface area contributed by atoms with Crippen LogP contribution < -0.4 is 0 Å². The van der Waals surface area contributed by atoms with Crippen molar-refractivity contribution in [3.8, 4) is 11.1 Å². The van der Waals surface area contributed by atoms with Crippen LogP contribution in [0.2, 0.25) is 0 Å². The van der Waals surface area contributed by atoms with E-state index >= 15 is 0 Å². The summed E-state index contributed by atoms with van der Waals surface area (Å²) in [6.07, 6.45) is 14.0. The van der Waals surface area contributed by atoms with E-state index in [1.807, 2.05) is 24.3 Å². The van der Waals surface area contributed by atoms with E-state index < -0.39 is 17.8 Å². The van der Waals surface area contributed by atoms with Gasteiger partial charge >= 0.3 is 0 Å². The van der Waals surface area contributed by atoms with Gasteiger partial charge in [0.1, 0.15) is 17.8 Å². The molecule has 36 heavy (non-hydrogen) atoms. The fourth-order valence-electron chi connectivity index (χ4n) is 5.79. The molecule has 2 aliphatic rings. The van der Waals surface area contributed by atoms with E-state index in [-0.39, 0.29) is 12.2 Å². The first kappa shape index (κ1) is 28.7. The molecule has 4 heteroatoms. The molecule has 0 amide bonds. The molecular formula is C32H44F4. The molecule has 0 unspecified atom stereocenters. The maximum absolute atomic E-state index is 13.7. The monoisotopic (exact) mass is 504 g/mol. The van der Waals surface area contributed by atoms with E-state index in [0.29, 0.717) is 30.2 Å². The van der Waals surface area contributed by atoms with E-state index in [2.05, 4.69) is 6.92 Å². The summed E-state index contributed by atoms with van der Waals surface area (Å²) in [5.74, 6) is 1.02. The molecule has 2 fully saturated rings. The fourth-order valence-corrected chi connectivity index (χ4v) is 5.79. The molecule has 0 spiro atoms. The molecule has 4 rings (SSSR count). The van der Waals surface area contributed by atoms with Crippen LogP contribution in [0.3, 0.4) is 0 Å². The van der Waals surface area contributed by atoms with Gasteiger partial charge in [0.25, 0.3) is 0 Å². The lowest BCUT2D eigenvalue weighted by Crippen LogP contribution is -2.15. The molecule has 2 aromatic carbocycles. The normalized spacial score (nSPS) is 24.2. The van der Waals surface area contributed by atoms with Crippen molar-refractivity contribution in [2.75, 3.05) is 6.67 Å². The van der Waals surface area contributed by atoms with Gasteiger partial charge in [-0.2, -0.15) is 0 Å². The summed E-state index contributed by atoms with van der Waals surface area (Å²) in [7, 11) is 0. The van der Waals surface area contributed by atoms with Gasteiger partial charge < -0.3 is 0 Å². The molecule has 0 radical (unpaired) electrons. The van der Waals surface area contributed by atoms with E-state index in [1.54, 1.807) is 0 Å². The van der Waals surface area contributed by atoms with Gasteiger partial charge in [-0.25, -0.2) is 13.2 Å². The molecule has 0 heterocycles. The third kappa shape index (κ3) is 8.63. The average Bonchev–Trinajstić information content (AvgIpc) is 2.89. The molecule has 200 valence electrons. The number of hydrogen-bond donors (Lipinski definition) is 0. The lowest BCUT2D eigenvalue weighted by Gasteiger charge is -2.27. The number of benzene rings is 2. The van der Waals surface area contributed by atoms with Gasteiger partial charge in [-0.05, 0) is 85.6 Å². The Morgan fingerprint density at radius 3 is 1.81 bits per heavy atom. The molecular weight excluding hydrogens is 460 g/mol. The highest BCUT2D eigenvalue weighted by Gasteiger charge is 2.22. The molecule has 0 aromatic heterocycles. The molecule has 0 bridgehead atoms. The highest BCUT2D eigenvalue weighted by molar-refractivity contribution is 5.64. The fraction of sp³-hybridized carbons (Fsp3) is 0.625. The van der Waals surface area contributed by atoms with Gasteiger partial charge in [0, 0.05) is 5.56 Å². The minimum Gasteiger partial charge on any atom is -0.251 e. The van der Waals surface area contributed by atoms with Gasteiger partial charge in [-0.15, -0.1) is 0 Å². The molecule has 2 aliphatic carbocycles. The number of rotatable bonds is 8. The predicted molar refractivity (Wildman–Crippen MR) is 143 cm³/mol. The Bertz CT molecular complexity index is 868. The number of halogens is 4. The van der Waals surface area contributed by atoms with Gasteiger partial charge in [0.05, 0.1) is 6.67 Å². The number of alkyl halides is 2. The van der Waals surface area contributed by atoms with Crippen molar-refractivity contribution in [1.82, 2.24) is 0 Å². The highest BCUT2D eigenvalue weighted by Crippen LogP contribution is 2.35. The van der Waals surface area contributed by atoms with Crippen molar-refractivity contribution in [3.63, 3.8) is 0 Å². The first-order valence-corrected chi connectivity index (χ1v) is 14.2. The van der Waals surface area contributed by atoms with E-state index in [0.717, 1.165) is 30.7 Å². The maximum Gasteiger partial charge on any atom is 0.129 e. The van der Waals surface area contributed by atoms with Crippen LogP contribution in [0.4, 0.5) is 17.6 Å². The van der Waals surface area contributed by atoms with Crippen molar-refractivity contribution in [2.24, 2.45) is 11.8 Å². The van der Waals surface area contributed by atoms with E-state index in [9.17, 15) is 17.6 Å². The molecule has 0 saturated heterocycles. The van der Waals surface area contributed by atoms with Crippen molar-refractivity contribution >= 4 is 0 Å². The summed E-state index contributed by atoms with van der Waals surface area (Å²) in [4.78, 5) is 0. The number of hydrogen-bond acceptors (Lipinski definition) is 0. The Morgan fingerprint density at radius 1 is 0.722 bits per heavy atom. The summed E-state index contributed by atoms with van der Waals surface area (Å²) in [5.41, 5.74) is 2.56. The zero-order chi connectivity index (χ0) is 25.9. The van der Waals surface area contributed by atoms with Gasteiger partial charge in [-0.1, -0.05) is 82.6 Å². The molecule has 0 N–H and O–H groups in total. The van der Waals surface area contributed by atoms with Crippen molar-refractivity contribution in [3.05, 3.63) is 59.2 Å². The highest BCUT2D eigenvalue weighted by atomic mass is 19.1. The SMILES string of the molecule is CCCCCC1CCC(CCF)CC1.Cc1c(F)cc(-c2ccc(C3CCC(F)CC3)cc2)cc1F. The summed E-state index contributed by atoms with van der Waals surface area (Å²) < 4.78 is 52.6. The van der Waals surface area contributed by atoms with Crippen molar-refractivity contribution in [2.45, 2.75) is 109 Å². The molecule has 0 aliphatic heterocycles. The predicted octanol–water partition coefficient (Wildman–Crippen LogP) is 10.7. The second-order valence-electron chi connectivity index (χ2n) is 11.0. The molecule has 2 aromatic rings. The van der Waals surface area contributed by atoms with Crippen LogP contribution in [0.15, 0.2) is 36.4 Å². The third-order valence-electron chi connectivity index (χ3n) is 8.35. The lowest BCUT2D eigenvalue weighted by atomic mass is 9.79. The largest absolute Gasteiger partial charge is 0.251 e. The molecule has 0 nitrogen and oxygen atoms in total. The van der Waals surface area contributed by atoms with E-state index in [1.165, 1.54) is 76.0 Å². The van der Waals surface area contributed by atoms with Crippen LogP contribution in [0.1, 0.15) is 107 Å². The van der Waals surface area contributed by atoms with Crippen LogP contribution in [0, 0.1) is 30.4 Å². The van der Waals surface area contributed by atoms with Crippen molar-refractivity contribution in [1.29, 1.82) is 0 Å². The van der Waals surface area contributed by atoms with Gasteiger partial charge in [-0.3, -0.25) is 4.39 Å². The Balaban J connectivity index is 0.000000223. The quantitative estimate of drug-likeness (QED) is 0.248. The van der Waals surface area contributed by atoms with Crippen LogP contribution >= 0.6 is 0 Å². The van der Waals surface area contributed by atoms with Gasteiger partial charge in [0.15, 0.2) is 0 Å². The minimum atomic E-state index is -0.658. The van der Waals surface area contributed by atoms with Crippen LogP contribution in [0.5, 0.6) is 0 Å². The minimum absolute atomic E-state index is 0.0448. The third-order valence-corrected chi connectivity index (χ3v) is 8.35. The first-order valence-electron chi connectivity index (χ1n) is 14.2.